The highest BCUT2D eigenvalue weighted by Crippen LogP contribution is 2.51. The van der Waals surface area contributed by atoms with Gasteiger partial charge in [0.05, 0.1) is 0 Å². The lowest BCUT2D eigenvalue weighted by molar-refractivity contribution is -0.165. The molecule has 0 unspecified atom stereocenters. The molecule has 1 aromatic rings. The number of hydrogen-bond acceptors (Lipinski definition) is 5. The molecule has 3 rings (SSSR count). The molecule has 138 valence electrons. The second-order valence-electron chi connectivity index (χ2n) is 7.08. The van der Waals surface area contributed by atoms with E-state index in [2.05, 4.69) is 11.9 Å². The Labute approximate surface area is 157 Å². The van der Waals surface area contributed by atoms with Gasteiger partial charge >= 0.3 is 5.97 Å². The average molecular weight is 374 g/mol. The molecule has 7 heteroatoms. The van der Waals surface area contributed by atoms with Gasteiger partial charge in [0.25, 0.3) is 0 Å². The van der Waals surface area contributed by atoms with E-state index >= 15 is 0 Å². The smallest absolute Gasteiger partial charge is 0.330 e. The Morgan fingerprint density at radius 3 is 2.58 bits per heavy atom. The Bertz CT molecular complexity index is 762. The van der Waals surface area contributed by atoms with Crippen LogP contribution in [0.15, 0.2) is 42.5 Å². The largest absolute Gasteiger partial charge is 0.459 e. The summed E-state index contributed by atoms with van der Waals surface area (Å²) in [6.07, 6.45) is 0. The van der Waals surface area contributed by atoms with Crippen molar-refractivity contribution < 1.29 is 19.1 Å². The van der Waals surface area contributed by atoms with Gasteiger partial charge in [-0.2, -0.15) is 0 Å². The molecule has 26 heavy (non-hydrogen) atoms. The molecule has 6 nitrogen and oxygen atoms in total. The third-order valence-corrected chi connectivity index (χ3v) is 6.13. The number of benzene rings is 1. The molecule has 0 radical (unpaired) electrons. The summed E-state index contributed by atoms with van der Waals surface area (Å²) in [5.41, 5.74) is 1.24. The van der Waals surface area contributed by atoms with E-state index < -0.39 is 22.8 Å². The fourth-order valence-corrected chi connectivity index (χ4v) is 4.82. The van der Waals surface area contributed by atoms with E-state index in [1.807, 2.05) is 44.2 Å². The van der Waals surface area contributed by atoms with Crippen molar-refractivity contribution in [2.75, 3.05) is 0 Å². The van der Waals surface area contributed by atoms with Gasteiger partial charge in [-0.1, -0.05) is 36.9 Å². The van der Waals surface area contributed by atoms with E-state index in [0.717, 1.165) is 5.56 Å². The maximum absolute atomic E-state index is 12.7. The molecule has 0 bridgehead atoms. The van der Waals surface area contributed by atoms with Crippen molar-refractivity contribution in [3.05, 3.63) is 48.0 Å². The molecule has 2 aliphatic rings. The number of hydrogen-bond donors (Lipinski definition) is 1. The Morgan fingerprint density at radius 1 is 1.31 bits per heavy atom. The number of amides is 2. The first-order valence-electron chi connectivity index (χ1n) is 8.39. The summed E-state index contributed by atoms with van der Waals surface area (Å²) >= 11 is 1.50. The van der Waals surface area contributed by atoms with E-state index in [9.17, 15) is 14.4 Å². The second kappa shape index (κ2) is 6.79. The maximum Gasteiger partial charge on any atom is 0.330 e. The van der Waals surface area contributed by atoms with Crippen molar-refractivity contribution in [3.8, 4) is 0 Å². The first kappa shape index (κ1) is 18.5. The van der Waals surface area contributed by atoms with Gasteiger partial charge in [-0.05, 0) is 26.3 Å². The fourth-order valence-electron chi connectivity index (χ4n) is 3.20. The van der Waals surface area contributed by atoms with E-state index in [0.29, 0.717) is 5.57 Å². The van der Waals surface area contributed by atoms with Gasteiger partial charge in [-0.3, -0.25) is 9.59 Å². The van der Waals surface area contributed by atoms with Crippen molar-refractivity contribution in [2.45, 2.75) is 49.6 Å². The van der Waals surface area contributed by atoms with Crippen LogP contribution in [-0.2, 0) is 25.7 Å². The minimum atomic E-state index is -0.674. The summed E-state index contributed by atoms with van der Waals surface area (Å²) in [7, 11) is 0. The normalized spacial score (nSPS) is 25.9. The third kappa shape index (κ3) is 3.23. The predicted octanol–water partition coefficient (Wildman–Crippen LogP) is 1.85. The Kier molecular flexibility index (Phi) is 4.84. The molecule has 3 atom stereocenters. The van der Waals surface area contributed by atoms with Crippen LogP contribution in [0.2, 0.25) is 0 Å². The second-order valence-corrected chi connectivity index (χ2v) is 8.86. The van der Waals surface area contributed by atoms with E-state index in [1.54, 1.807) is 6.92 Å². The van der Waals surface area contributed by atoms with Crippen molar-refractivity contribution in [1.82, 2.24) is 10.2 Å². The minimum Gasteiger partial charge on any atom is -0.459 e. The number of carbonyl (C=O) groups is 3. The topological polar surface area (TPSA) is 75.7 Å². The van der Waals surface area contributed by atoms with Gasteiger partial charge in [0.15, 0.2) is 0 Å². The first-order chi connectivity index (χ1) is 12.2. The molecule has 1 aromatic carbocycles. The summed E-state index contributed by atoms with van der Waals surface area (Å²) in [5, 5.41) is 2.42. The number of fused-ring (bicyclic) bond motifs is 1. The highest BCUT2D eigenvalue weighted by atomic mass is 32.2. The molecule has 0 aromatic heterocycles. The molecule has 2 saturated heterocycles. The maximum atomic E-state index is 12.7. The molecule has 0 spiro atoms. The summed E-state index contributed by atoms with van der Waals surface area (Å²) in [6, 6.07) is 8.10. The number of nitrogens with one attached hydrogen (secondary N) is 1. The number of ether oxygens (including phenoxy) is 1. The quantitative estimate of drug-likeness (QED) is 0.484. The van der Waals surface area contributed by atoms with Crippen molar-refractivity contribution in [3.63, 3.8) is 0 Å². The predicted molar refractivity (Wildman–Crippen MR) is 99.1 cm³/mol. The van der Waals surface area contributed by atoms with E-state index in [-0.39, 0.29) is 23.8 Å². The molecule has 2 aliphatic heterocycles. The zero-order chi connectivity index (χ0) is 19.1. The zero-order valence-corrected chi connectivity index (χ0v) is 15.8. The lowest BCUT2D eigenvalue weighted by Crippen LogP contribution is -2.70. The van der Waals surface area contributed by atoms with Crippen LogP contribution < -0.4 is 5.32 Å². The van der Waals surface area contributed by atoms with Crippen LogP contribution in [0.3, 0.4) is 0 Å². The van der Waals surface area contributed by atoms with Gasteiger partial charge in [0.2, 0.25) is 11.8 Å². The van der Waals surface area contributed by atoms with Gasteiger partial charge in [-0.25, -0.2) is 4.79 Å². The zero-order valence-electron chi connectivity index (χ0n) is 15.0. The number of β-lactam (4-membered cyclic amide) rings is 1. The average Bonchev–Trinajstić information content (AvgIpc) is 2.86. The van der Waals surface area contributed by atoms with Crippen LogP contribution in [0.4, 0.5) is 0 Å². The molecule has 1 N–H and O–H groups in total. The highest BCUT2D eigenvalue weighted by Gasteiger charge is 2.64. The first-order valence-corrected chi connectivity index (χ1v) is 9.27. The Balaban J connectivity index is 1.69. The van der Waals surface area contributed by atoms with Crippen LogP contribution in [0, 0.1) is 0 Å². The highest BCUT2D eigenvalue weighted by molar-refractivity contribution is 8.01. The molecule has 2 amide bonds. The summed E-state index contributed by atoms with van der Waals surface area (Å²) in [6.45, 7) is 9.16. The third-order valence-electron chi connectivity index (χ3n) is 4.56. The number of nitrogens with zero attached hydrogens (tertiary/aromatic N) is 1. The number of rotatable bonds is 5. The van der Waals surface area contributed by atoms with Crippen LogP contribution in [0.1, 0.15) is 26.3 Å². The Morgan fingerprint density at radius 2 is 1.96 bits per heavy atom. The van der Waals surface area contributed by atoms with E-state index in [1.165, 1.54) is 16.7 Å². The Hall–Kier alpha value is -2.28. The van der Waals surface area contributed by atoms with E-state index in [4.69, 9.17) is 4.74 Å². The number of esters is 1. The minimum absolute atomic E-state index is 0.166. The lowest BCUT2D eigenvalue weighted by atomic mass is 9.96. The van der Waals surface area contributed by atoms with Crippen molar-refractivity contribution >= 4 is 29.5 Å². The van der Waals surface area contributed by atoms with Gasteiger partial charge in [-0.15, -0.1) is 11.8 Å². The van der Waals surface area contributed by atoms with Gasteiger partial charge < -0.3 is 15.0 Å². The summed E-state index contributed by atoms with van der Waals surface area (Å²) < 4.78 is 4.95. The SMILES string of the molecule is C=C(C)C(=O)N[C@@H]1C(=O)N2[C@@H]1SC(C)(C)[C@@H]2C(=O)OCc1ccccc1. The van der Waals surface area contributed by atoms with Crippen LogP contribution in [-0.4, -0.2) is 44.9 Å². The van der Waals surface area contributed by atoms with Crippen molar-refractivity contribution in [1.29, 1.82) is 0 Å². The number of thioether (sulfide) groups is 1. The molecule has 0 saturated carbocycles. The van der Waals surface area contributed by atoms with Crippen LogP contribution >= 0.6 is 11.8 Å². The standard InChI is InChI=1S/C19H22N2O4S/c1-11(2)15(22)20-13-16(23)21-14(19(3,4)26-17(13)21)18(24)25-10-12-8-6-5-7-9-12/h5-9,13-14,17H,1,10H2,2-4H3,(H,20,22)/t13-,14+,17-/m1/s1. The fraction of sp³-hybridized carbons (Fsp3) is 0.421. The van der Waals surface area contributed by atoms with Crippen LogP contribution in [0.5, 0.6) is 0 Å². The van der Waals surface area contributed by atoms with Crippen LogP contribution in [0.25, 0.3) is 0 Å². The van der Waals surface area contributed by atoms with Gasteiger partial charge in [0, 0.05) is 10.3 Å². The molecular weight excluding hydrogens is 352 g/mol. The summed E-state index contributed by atoms with van der Waals surface area (Å²) in [5.74, 6) is -1.03. The molecule has 2 fully saturated rings. The lowest BCUT2D eigenvalue weighted by Gasteiger charge is -2.43. The molecule has 0 aliphatic carbocycles. The number of carbonyl (C=O) groups excluding carboxylic acids is 3. The van der Waals surface area contributed by atoms with Crippen molar-refractivity contribution in [2.24, 2.45) is 0 Å². The monoisotopic (exact) mass is 374 g/mol. The molecular formula is C19H22N2O4S. The van der Waals surface area contributed by atoms with Gasteiger partial charge in [0.1, 0.15) is 24.1 Å². The summed E-state index contributed by atoms with van der Waals surface area (Å²) in [4.78, 5) is 38.6. The molecule has 2 heterocycles.